The average molecular weight is 429 g/mol. The molecule has 31 heavy (non-hydrogen) atoms. The van der Waals surface area contributed by atoms with Gasteiger partial charge in [0.05, 0.1) is 6.04 Å². The van der Waals surface area contributed by atoms with Crippen molar-refractivity contribution in [1.29, 1.82) is 0 Å². The largest absolute Gasteiger partial charge is 0.453 e. The van der Waals surface area contributed by atoms with Crippen LogP contribution in [0.3, 0.4) is 0 Å². The van der Waals surface area contributed by atoms with Crippen molar-refractivity contribution in [3.63, 3.8) is 0 Å². The number of nitrogens with zero attached hydrogens (tertiary/aromatic N) is 4. The number of amides is 1. The van der Waals surface area contributed by atoms with Gasteiger partial charge in [-0.25, -0.2) is 0 Å². The third-order valence-corrected chi connectivity index (χ3v) is 5.00. The average Bonchev–Trinajstić information content (AvgIpc) is 3.17. The summed E-state index contributed by atoms with van der Waals surface area (Å²) in [6.45, 7) is 3.02. The Kier molecular flexibility index (Phi) is 5.00. The molecule has 2 aromatic carbocycles. The zero-order chi connectivity index (χ0) is 22.3. The summed E-state index contributed by atoms with van der Waals surface area (Å²) in [5, 5.41) is 8.18. The van der Waals surface area contributed by atoms with Crippen LogP contribution in [0.1, 0.15) is 30.0 Å². The molecule has 4 aromatic rings. The number of nitrogens with one attached hydrogen (secondary N) is 1. The number of hydrogen-bond acceptors (Lipinski definition) is 4. The van der Waals surface area contributed by atoms with Crippen molar-refractivity contribution < 1.29 is 18.0 Å². The first-order valence-electron chi connectivity index (χ1n) is 9.46. The molecule has 0 unspecified atom stereocenters. The summed E-state index contributed by atoms with van der Waals surface area (Å²) in [5.74, 6) is -2.22. The van der Waals surface area contributed by atoms with Gasteiger partial charge in [0.15, 0.2) is 0 Å². The number of halogens is 3. The van der Waals surface area contributed by atoms with Gasteiger partial charge in [0.25, 0.3) is 11.4 Å². The fourth-order valence-corrected chi connectivity index (χ4v) is 3.41. The molecule has 0 aliphatic heterocycles. The lowest BCUT2D eigenvalue weighted by atomic mass is 10.0. The van der Waals surface area contributed by atoms with E-state index in [9.17, 15) is 22.8 Å². The molecular formula is C21H18F3N5O2. The lowest BCUT2D eigenvalue weighted by molar-refractivity contribution is -0.144. The van der Waals surface area contributed by atoms with Gasteiger partial charge in [-0.15, -0.1) is 5.10 Å². The Labute approximate surface area is 174 Å². The number of carbonyl (C=O) groups is 1. The number of hydrogen-bond donors (Lipinski definition) is 1. The molecule has 0 aliphatic rings. The summed E-state index contributed by atoms with van der Waals surface area (Å²) >= 11 is 0. The van der Waals surface area contributed by atoms with Crippen molar-refractivity contribution in [2.24, 2.45) is 0 Å². The number of alkyl halides is 3. The molecule has 0 saturated carbocycles. The van der Waals surface area contributed by atoms with Crippen LogP contribution in [-0.4, -0.2) is 25.1 Å². The van der Waals surface area contributed by atoms with E-state index in [0.29, 0.717) is 10.2 Å². The molecule has 1 N–H and O–H groups in total. The van der Waals surface area contributed by atoms with E-state index < -0.39 is 23.5 Å². The van der Waals surface area contributed by atoms with Crippen molar-refractivity contribution in [3.8, 4) is 0 Å². The lowest BCUT2D eigenvalue weighted by Gasteiger charge is -2.17. The standard InChI is InChI=1S/C21H18F3N5O2/c1-12-9-18(31)29-20(26-19(27-29)21(22,23)24)28(12)11-17(30)25-13(2)15-8-7-14-5-3-4-6-16(14)10-15/h3-10,13H,11H2,1-2H3,(H,25,30)/t13-/m1/s1. The zero-order valence-corrected chi connectivity index (χ0v) is 16.6. The van der Waals surface area contributed by atoms with Crippen molar-refractivity contribution in [3.05, 3.63) is 76.0 Å². The Balaban J connectivity index is 1.60. The van der Waals surface area contributed by atoms with E-state index in [4.69, 9.17) is 0 Å². The number of carbonyl (C=O) groups excluding carboxylic acids is 1. The van der Waals surface area contributed by atoms with Crippen molar-refractivity contribution >= 4 is 22.5 Å². The van der Waals surface area contributed by atoms with E-state index in [1.165, 1.54) is 11.5 Å². The second-order valence-electron chi connectivity index (χ2n) is 7.25. The van der Waals surface area contributed by atoms with Gasteiger partial charge in [0, 0.05) is 11.8 Å². The topological polar surface area (TPSA) is 81.3 Å². The maximum atomic E-state index is 13.0. The zero-order valence-electron chi connectivity index (χ0n) is 16.6. The van der Waals surface area contributed by atoms with Crippen LogP contribution in [0.4, 0.5) is 13.2 Å². The summed E-state index contributed by atoms with van der Waals surface area (Å²) in [4.78, 5) is 28.1. The van der Waals surface area contributed by atoms with Crippen LogP contribution in [0, 0.1) is 6.92 Å². The third kappa shape index (κ3) is 4.00. The molecule has 10 heteroatoms. The van der Waals surface area contributed by atoms with E-state index in [2.05, 4.69) is 15.4 Å². The SMILES string of the molecule is Cc1cc(=O)n2nc(C(F)(F)F)nc2n1CC(=O)N[C@H](C)c1ccc2ccccc2c1. The van der Waals surface area contributed by atoms with Crippen LogP contribution in [0.2, 0.25) is 0 Å². The molecule has 0 saturated heterocycles. The fourth-order valence-electron chi connectivity index (χ4n) is 3.41. The van der Waals surface area contributed by atoms with E-state index >= 15 is 0 Å². The lowest BCUT2D eigenvalue weighted by Crippen LogP contribution is -2.32. The number of aryl methyl sites for hydroxylation is 1. The normalized spacial score (nSPS) is 12.9. The van der Waals surface area contributed by atoms with E-state index in [1.807, 2.05) is 49.4 Å². The highest BCUT2D eigenvalue weighted by Gasteiger charge is 2.37. The first-order chi connectivity index (χ1) is 14.6. The van der Waals surface area contributed by atoms with Gasteiger partial charge in [-0.05, 0) is 36.2 Å². The minimum Gasteiger partial charge on any atom is -0.348 e. The van der Waals surface area contributed by atoms with E-state index in [1.54, 1.807) is 0 Å². The molecule has 0 bridgehead atoms. The molecular weight excluding hydrogens is 411 g/mol. The highest BCUT2D eigenvalue weighted by molar-refractivity contribution is 5.83. The summed E-state index contributed by atoms with van der Waals surface area (Å²) in [5.41, 5.74) is 0.430. The first-order valence-corrected chi connectivity index (χ1v) is 9.46. The minimum absolute atomic E-state index is 0.298. The number of fused-ring (bicyclic) bond motifs is 2. The summed E-state index contributed by atoms with van der Waals surface area (Å²) < 4.78 is 40.8. The monoisotopic (exact) mass is 429 g/mol. The van der Waals surface area contributed by atoms with Gasteiger partial charge in [-0.2, -0.15) is 22.7 Å². The molecule has 1 amide bonds. The molecule has 7 nitrogen and oxygen atoms in total. The summed E-state index contributed by atoms with van der Waals surface area (Å²) in [6.07, 6.45) is -4.81. The van der Waals surface area contributed by atoms with Crippen molar-refractivity contribution in [2.75, 3.05) is 0 Å². The second kappa shape index (κ2) is 7.53. The van der Waals surface area contributed by atoms with Gasteiger partial charge in [0.1, 0.15) is 6.54 Å². The molecule has 1 atom stereocenters. The molecule has 2 aromatic heterocycles. The molecule has 0 radical (unpaired) electrons. The maximum absolute atomic E-state index is 13.0. The van der Waals surface area contributed by atoms with Gasteiger partial charge >= 0.3 is 6.18 Å². The predicted octanol–water partition coefficient (Wildman–Crippen LogP) is 3.25. The Morgan fingerprint density at radius 1 is 1.13 bits per heavy atom. The molecule has 0 aliphatic carbocycles. The quantitative estimate of drug-likeness (QED) is 0.540. The number of aromatic nitrogens is 4. The number of benzene rings is 2. The van der Waals surface area contributed by atoms with Gasteiger partial charge in [0.2, 0.25) is 11.7 Å². The summed E-state index contributed by atoms with van der Waals surface area (Å²) in [7, 11) is 0. The van der Waals surface area contributed by atoms with Gasteiger partial charge in [-0.3, -0.25) is 9.59 Å². The van der Waals surface area contributed by atoms with Crippen LogP contribution in [0.25, 0.3) is 16.6 Å². The molecule has 0 spiro atoms. The Hall–Kier alpha value is -3.69. The highest BCUT2D eigenvalue weighted by atomic mass is 19.4. The first kappa shape index (κ1) is 20.6. The Morgan fingerprint density at radius 2 is 1.84 bits per heavy atom. The molecule has 4 rings (SSSR count). The Morgan fingerprint density at radius 3 is 2.55 bits per heavy atom. The van der Waals surface area contributed by atoms with Crippen molar-refractivity contribution in [2.45, 2.75) is 32.6 Å². The third-order valence-electron chi connectivity index (χ3n) is 5.00. The van der Waals surface area contributed by atoms with Crippen LogP contribution in [0.15, 0.2) is 53.3 Å². The van der Waals surface area contributed by atoms with Crippen LogP contribution in [0.5, 0.6) is 0 Å². The van der Waals surface area contributed by atoms with E-state index in [-0.39, 0.29) is 18.4 Å². The molecule has 2 heterocycles. The smallest absolute Gasteiger partial charge is 0.348 e. The van der Waals surface area contributed by atoms with Gasteiger partial charge in [-0.1, -0.05) is 36.4 Å². The van der Waals surface area contributed by atoms with Crippen LogP contribution >= 0.6 is 0 Å². The minimum atomic E-state index is -4.81. The number of rotatable bonds is 4. The maximum Gasteiger partial charge on any atom is 0.453 e. The van der Waals surface area contributed by atoms with Gasteiger partial charge < -0.3 is 9.88 Å². The predicted molar refractivity (Wildman–Crippen MR) is 107 cm³/mol. The van der Waals surface area contributed by atoms with Crippen LogP contribution in [-0.2, 0) is 17.5 Å². The molecule has 0 fully saturated rings. The van der Waals surface area contributed by atoms with E-state index in [0.717, 1.165) is 22.4 Å². The second-order valence-corrected chi connectivity index (χ2v) is 7.25. The summed E-state index contributed by atoms with van der Waals surface area (Å²) in [6, 6.07) is 14.4. The van der Waals surface area contributed by atoms with Crippen LogP contribution < -0.4 is 10.9 Å². The Bertz CT molecular complexity index is 1360. The van der Waals surface area contributed by atoms with Crippen molar-refractivity contribution in [1.82, 2.24) is 24.5 Å². The molecule has 160 valence electrons. The fraction of sp³-hybridized carbons (Fsp3) is 0.238. The highest BCUT2D eigenvalue weighted by Crippen LogP contribution is 2.26.